The molecular formula is C24H30N2O3. The lowest BCUT2D eigenvalue weighted by Crippen LogP contribution is -2.56. The number of methoxy groups -OCH3 is 2. The Hall–Kier alpha value is -2.53. The summed E-state index contributed by atoms with van der Waals surface area (Å²) in [6.45, 7) is 1.01. The SMILES string of the molecule is COc1ccc(C(=O)NC2C[C@H]3CCC[C@H](C2)N3Cc2ccccc2)cc1OC. The summed E-state index contributed by atoms with van der Waals surface area (Å²) < 4.78 is 10.6. The van der Waals surface area contributed by atoms with Crippen molar-refractivity contribution >= 4 is 5.91 Å². The molecule has 0 aliphatic carbocycles. The van der Waals surface area contributed by atoms with Crippen LogP contribution in [-0.2, 0) is 6.54 Å². The van der Waals surface area contributed by atoms with Crippen LogP contribution < -0.4 is 14.8 Å². The number of hydrogen-bond acceptors (Lipinski definition) is 4. The van der Waals surface area contributed by atoms with E-state index in [1.54, 1.807) is 32.4 Å². The quantitative estimate of drug-likeness (QED) is 0.804. The van der Waals surface area contributed by atoms with Gasteiger partial charge in [-0.1, -0.05) is 36.8 Å². The molecule has 154 valence electrons. The lowest BCUT2D eigenvalue weighted by atomic mass is 9.81. The summed E-state index contributed by atoms with van der Waals surface area (Å²) in [4.78, 5) is 15.5. The maximum Gasteiger partial charge on any atom is 0.251 e. The number of carbonyl (C=O) groups excluding carboxylic acids is 1. The molecule has 2 aliphatic heterocycles. The molecule has 5 heteroatoms. The van der Waals surface area contributed by atoms with Crippen LogP contribution in [0, 0.1) is 0 Å². The standard InChI is InChI=1S/C24H30N2O3/c1-28-22-12-11-18(13-23(22)29-2)24(27)25-19-14-20-9-6-10-21(15-19)26(20)16-17-7-4-3-5-8-17/h3-5,7-8,11-13,19-21H,6,9-10,14-16H2,1-2H3,(H,25,27)/t20-,21-/m1/s1. The third-order valence-corrected chi connectivity index (χ3v) is 6.31. The molecule has 2 aromatic rings. The van der Waals surface area contributed by atoms with E-state index in [2.05, 4.69) is 40.5 Å². The van der Waals surface area contributed by atoms with Crippen LogP contribution in [0.5, 0.6) is 11.5 Å². The van der Waals surface area contributed by atoms with E-state index in [9.17, 15) is 4.79 Å². The highest BCUT2D eigenvalue weighted by molar-refractivity contribution is 5.95. The van der Waals surface area contributed by atoms with Crippen molar-refractivity contribution in [3.05, 3.63) is 59.7 Å². The Balaban J connectivity index is 1.42. The zero-order chi connectivity index (χ0) is 20.2. The van der Waals surface area contributed by atoms with Crippen molar-refractivity contribution in [2.75, 3.05) is 14.2 Å². The third-order valence-electron chi connectivity index (χ3n) is 6.31. The van der Waals surface area contributed by atoms with E-state index in [0.717, 1.165) is 19.4 Å². The van der Waals surface area contributed by atoms with Gasteiger partial charge in [0.15, 0.2) is 11.5 Å². The van der Waals surface area contributed by atoms with Crippen molar-refractivity contribution in [3.8, 4) is 11.5 Å². The normalized spacial score (nSPS) is 24.0. The van der Waals surface area contributed by atoms with E-state index in [1.807, 2.05) is 0 Å². The average Bonchev–Trinajstić information content (AvgIpc) is 2.74. The summed E-state index contributed by atoms with van der Waals surface area (Å²) in [5.74, 6) is 1.17. The number of nitrogens with zero attached hydrogens (tertiary/aromatic N) is 1. The van der Waals surface area contributed by atoms with Crippen molar-refractivity contribution in [3.63, 3.8) is 0 Å². The lowest BCUT2D eigenvalue weighted by molar-refractivity contribution is 0.0177. The molecule has 2 bridgehead atoms. The van der Waals surface area contributed by atoms with E-state index in [-0.39, 0.29) is 11.9 Å². The fourth-order valence-electron chi connectivity index (χ4n) is 4.89. The molecule has 0 saturated carbocycles. The highest BCUT2D eigenvalue weighted by Crippen LogP contribution is 2.35. The van der Waals surface area contributed by atoms with Crippen LogP contribution in [0.1, 0.15) is 48.0 Å². The summed E-state index contributed by atoms with van der Waals surface area (Å²) in [6.07, 6.45) is 5.75. The van der Waals surface area contributed by atoms with Crippen LogP contribution in [0.3, 0.4) is 0 Å². The van der Waals surface area contributed by atoms with Crippen molar-refractivity contribution in [1.29, 1.82) is 0 Å². The van der Waals surface area contributed by atoms with Gasteiger partial charge in [-0.2, -0.15) is 0 Å². The zero-order valence-electron chi connectivity index (χ0n) is 17.3. The van der Waals surface area contributed by atoms with Crippen LogP contribution >= 0.6 is 0 Å². The predicted molar refractivity (Wildman–Crippen MR) is 113 cm³/mol. The molecule has 0 spiro atoms. The molecular weight excluding hydrogens is 364 g/mol. The number of carbonyl (C=O) groups is 1. The highest BCUT2D eigenvalue weighted by atomic mass is 16.5. The first-order valence-corrected chi connectivity index (χ1v) is 10.5. The number of piperidine rings is 2. The molecule has 2 saturated heterocycles. The summed E-state index contributed by atoms with van der Waals surface area (Å²) in [5.41, 5.74) is 1.98. The Morgan fingerprint density at radius 3 is 2.34 bits per heavy atom. The molecule has 2 aliphatic rings. The fraction of sp³-hybridized carbons (Fsp3) is 0.458. The minimum Gasteiger partial charge on any atom is -0.493 e. The van der Waals surface area contributed by atoms with Crippen LogP contribution in [0.15, 0.2) is 48.5 Å². The fourth-order valence-corrected chi connectivity index (χ4v) is 4.89. The Morgan fingerprint density at radius 2 is 1.69 bits per heavy atom. The highest BCUT2D eigenvalue weighted by Gasteiger charge is 2.38. The summed E-state index contributed by atoms with van der Waals surface area (Å²) >= 11 is 0. The van der Waals surface area contributed by atoms with Gasteiger partial charge in [0.05, 0.1) is 14.2 Å². The Labute approximate surface area is 173 Å². The van der Waals surface area contributed by atoms with E-state index in [4.69, 9.17) is 9.47 Å². The maximum absolute atomic E-state index is 12.9. The van der Waals surface area contributed by atoms with Crippen molar-refractivity contribution in [1.82, 2.24) is 10.2 Å². The van der Waals surface area contributed by atoms with Gasteiger partial charge in [-0.05, 0) is 49.4 Å². The molecule has 0 radical (unpaired) electrons. The lowest BCUT2D eigenvalue weighted by Gasteiger charge is -2.49. The number of fused-ring (bicyclic) bond motifs is 2. The average molecular weight is 395 g/mol. The topological polar surface area (TPSA) is 50.8 Å². The molecule has 0 unspecified atom stereocenters. The van der Waals surface area contributed by atoms with Crippen LogP contribution in [0.4, 0.5) is 0 Å². The van der Waals surface area contributed by atoms with E-state index in [0.29, 0.717) is 29.1 Å². The molecule has 2 atom stereocenters. The number of benzene rings is 2. The van der Waals surface area contributed by atoms with Gasteiger partial charge in [-0.15, -0.1) is 0 Å². The van der Waals surface area contributed by atoms with Gasteiger partial charge in [0.1, 0.15) is 0 Å². The van der Waals surface area contributed by atoms with Crippen LogP contribution in [-0.4, -0.2) is 43.2 Å². The second-order valence-corrected chi connectivity index (χ2v) is 8.11. The molecule has 5 nitrogen and oxygen atoms in total. The number of amides is 1. The van der Waals surface area contributed by atoms with Gasteiger partial charge in [-0.3, -0.25) is 9.69 Å². The minimum absolute atomic E-state index is 0.0365. The number of nitrogens with one attached hydrogen (secondary N) is 1. The Kier molecular flexibility index (Phi) is 6.05. The minimum atomic E-state index is -0.0365. The first kappa shape index (κ1) is 19.8. The van der Waals surface area contributed by atoms with Gasteiger partial charge in [-0.25, -0.2) is 0 Å². The summed E-state index contributed by atoms with van der Waals surface area (Å²) in [7, 11) is 3.18. The van der Waals surface area contributed by atoms with Gasteiger partial charge < -0.3 is 14.8 Å². The van der Waals surface area contributed by atoms with Gasteiger partial charge in [0, 0.05) is 30.2 Å². The summed E-state index contributed by atoms with van der Waals surface area (Å²) in [6, 6.07) is 17.3. The molecule has 1 amide bonds. The van der Waals surface area contributed by atoms with Gasteiger partial charge in [0.25, 0.3) is 5.91 Å². The smallest absolute Gasteiger partial charge is 0.251 e. The number of rotatable bonds is 6. The zero-order valence-corrected chi connectivity index (χ0v) is 17.3. The maximum atomic E-state index is 12.9. The number of hydrogen-bond donors (Lipinski definition) is 1. The Bertz CT molecular complexity index is 825. The molecule has 2 fully saturated rings. The molecule has 2 aromatic carbocycles. The van der Waals surface area contributed by atoms with Crippen molar-refractivity contribution in [2.24, 2.45) is 0 Å². The second kappa shape index (κ2) is 8.87. The molecule has 0 aromatic heterocycles. The summed E-state index contributed by atoms with van der Waals surface area (Å²) in [5, 5.41) is 3.27. The molecule has 29 heavy (non-hydrogen) atoms. The number of ether oxygens (including phenoxy) is 2. The van der Waals surface area contributed by atoms with Gasteiger partial charge in [0.2, 0.25) is 0 Å². The van der Waals surface area contributed by atoms with E-state index < -0.39 is 0 Å². The second-order valence-electron chi connectivity index (χ2n) is 8.11. The third kappa shape index (κ3) is 4.40. The van der Waals surface area contributed by atoms with E-state index in [1.165, 1.54) is 24.8 Å². The first-order chi connectivity index (χ1) is 14.2. The molecule has 2 heterocycles. The van der Waals surface area contributed by atoms with E-state index >= 15 is 0 Å². The Morgan fingerprint density at radius 1 is 1.00 bits per heavy atom. The first-order valence-electron chi connectivity index (χ1n) is 10.5. The van der Waals surface area contributed by atoms with Crippen molar-refractivity contribution < 1.29 is 14.3 Å². The van der Waals surface area contributed by atoms with Crippen LogP contribution in [0.25, 0.3) is 0 Å². The van der Waals surface area contributed by atoms with Crippen LogP contribution in [0.2, 0.25) is 0 Å². The predicted octanol–water partition coefficient (Wildman–Crippen LogP) is 4.02. The van der Waals surface area contributed by atoms with Crippen molar-refractivity contribution in [2.45, 2.75) is 56.8 Å². The van der Waals surface area contributed by atoms with Gasteiger partial charge >= 0.3 is 0 Å². The molecule has 4 rings (SSSR count). The largest absolute Gasteiger partial charge is 0.493 e. The monoisotopic (exact) mass is 394 g/mol. The molecule has 1 N–H and O–H groups in total.